The average Bonchev–Trinajstić information content (AvgIpc) is 2.85. The van der Waals surface area contributed by atoms with Gasteiger partial charge in [0.15, 0.2) is 0 Å². The lowest BCUT2D eigenvalue weighted by Crippen LogP contribution is -2.18. The number of nitrogens with zero attached hydrogens (tertiary/aromatic N) is 1. The van der Waals surface area contributed by atoms with Crippen LogP contribution in [0, 0.1) is 0 Å². The monoisotopic (exact) mass is 360 g/mol. The van der Waals surface area contributed by atoms with Crippen LogP contribution in [0.4, 0.5) is 0 Å². The Kier molecular flexibility index (Phi) is 4.62. The van der Waals surface area contributed by atoms with Crippen molar-refractivity contribution < 1.29 is 4.74 Å². The number of ether oxygens (including phenoxy) is 1. The van der Waals surface area contributed by atoms with E-state index >= 15 is 0 Å². The van der Waals surface area contributed by atoms with Gasteiger partial charge in [0.25, 0.3) is 0 Å². The van der Waals surface area contributed by atoms with E-state index in [2.05, 4.69) is 52.3 Å². The van der Waals surface area contributed by atoms with Gasteiger partial charge in [0, 0.05) is 29.6 Å². The second-order valence-corrected chi connectivity index (χ2v) is 7.79. The van der Waals surface area contributed by atoms with Gasteiger partial charge in [-0.15, -0.1) is 0 Å². The van der Waals surface area contributed by atoms with Crippen molar-refractivity contribution >= 4 is 10.9 Å². The molecule has 0 unspecified atom stereocenters. The molecule has 2 aromatic carbocycles. The fourth-order valence-corrected chi connectivity index (χ4v) is 4.92. The summed E-state index contributed by atoms with van der Waals surface area (Å²) in [4.78, 5) is 0. The van der Waals surface area contributed by atoms with Gasteiger partial charge in [-0.3, -0.25) is 0 Å². The quantitative estimate of drug-likeness (QED) is 0.751. The normalized spacial score (nSPS) is 16.6. The molecule has 1 N–H and O–H groups in total. The zero-order valence-electron chi connectivity index (χ0n) is 16.0. The summed E-state index contributed by atoms with van der Waals surface area (Å²) in [5.74, 6) is 1.11. The first-order chi connectivity index (χ1) is 13.4. The number of aromatic nitrogens is 1. The smallest absolute Gasteiger partial charge is 0.122 e. The number of hydrogen-bond acceptors (Lipinski definition) is 2. The molecule has 3 nitrogen and oxygen atoms in total. The molecular weight excluding hydrogens is 332 g/mol. The van der Waals surface area contributed by atoms with Gasteiger partial charge in [-0.2, -0.15) is 0 Å². The number of fused-ring (bicyclic) bond motifs is 4. The van der Waals surface area contributed by atoms with Crippen molar-refractivity contribution in [1.82, 2.24) is 9.88 Å². The Bertz CT molecular complexity index is 956. The molecule has 1 aliphatic heterocycles. The molecule has 0 fully saturated rings. The summed E-state index contributed by atoms with van der Waals surface area (Å²) < 4.78 is 8.82. The van der Waals surface area contributed by atoms with E-state index in [1.165, 1.54) is 59.0 Å². The molecule has 0 saturated carbocycles. The molecule has 2 aliphatic rings. The summed E-state index contributed by atoms with van der Waals surface area (Å²) >= 11 is 0. The third-order valence-electron chi connectivity index (χ3n) is 6.21. The summed E-state index contributed by atoms with van der Waals surface area (Å²) in [5.41, 5.74) is 7.34. The van der Waals surface area contributed by atoms with Crippen molar-refractivity contribution in [3.63, 3.8) is 0 Å². The lowest BCUT2D eigenvalue weighted by atomic mass is 9.91. The highest BCUT2D eigenvalue weighted by Gasteiger charge is 2.19. The molecular formula is C24H28N2O. The molecule has 2 heterocycles. The van der Waals surface area contributed by atoms with Crippen LogP contribution >= 0.6 is 0 Å². The van der Waals surface area contributed by atoms with Gasteiger partial charge in [0.1, 0.15) is 12.4 Å². The second-order valence-electron chi connectivity index (χ2n) is 7.79. The molecule has 0 radical (unpaired) electrons. The molecule has 0 saturated heterocycles. The highest BCUT2D eigenvalue weighted by Crippen LogP contribution is 2.31. The van der Waals surface area contributed by atoms with Crippen LogP contribution in [-0.4, -0.2) is 24.3 Å². The first kappa shape index (κ1) is 16.9. The number of aryl methyl sites for hydroxylation is 1. The van der Waals surface area contributed by atoms with Crippen LogP contribution < -0.4 is 10.1 Å². The molecule has 1 aliphatic carbocycles. The summed E-state index contributed by atoms with van der Waals surface area (Å²) in [6, 6.07) is 15.5. The fraction of sp³-hybridized carbons (Fsp3) is 0.417. The summed E-state index contributed by atoms with van der Waals surface area (Å²) in [6.07, 6.45) is 7.19. The predicted molar refractivity (Wildman–Crippen MR) is 111 cm³/mol. The second kappa shape index (κ2) is 7.40. The Hall–Kier alpha value is -2.26. The molecule has 0 amide bonds. The van der Waals surface area contributed by atoms with Crippen molar-refractivity contribution in [3.8, 4) is 5.75 Å². The molecule has 0 spiro atoms. The Morgan fingerprint density at radius 1 is 0.852 bits per heavy atom. The average molecular weight is 361 g/mol. The van der Waals surface area contributed by atoms with Crippen LogP contribution in [0.15, 0.2) is 42.5 Å². The van der Waals surface area contributed by atoms with E-state index in [1.54, 1.807) is 0 Å². The van der Waals surface area contributed by atoms with E-state index in [4.69, 9.17) is 4.74 Å². The maximum absolute atomic E-state index is 6.31. The van der Waals surface area contributed by atoms with Crippen LogP contribution in [0.5, 0.6) is 5.75 Å². The number of benzene rings is 2. The Balaban J connectivity index is 1.40. The molecule has 0 atom stereocenters. The topological polar surface area (TPSA) is 26.2 Å². The summed E-state index contributed by atoms with van der Waals surface area (Å²) in [6.45, 7) is 3.79. The molecule has 1 aromatic heterocycles. The van der Waals surface area contributed by atoms with Crippen LogP contribution in [0.3, 0.4) is 0 Å². The highest BCUT2D eigenvalue weighted by atomic mass is 16.5. The third kappa shape index (κ3) is 3.14. The van der Waals surface area contributed by atoms with E-state index in [0.29, 0.717) is 0 Å². The van der Waals surface area contributed by atoms with Crippen LogP contribution in [-0.2, 0) is 32.2 Å². The number of para-hydroxylation sites is 1. The first-order valence-electron chi connectivity index (χ1n) is 10.4. The van der Waals surface area contributed by atoms with Crippen LogP contribution in [0.1, 0.15) is 35.2 Å². The van der Waals surface area contributed by atoms with Gasteiger partial charge >= 0.3 is 0 Å². The predicted octanol–water partition coefficient (Wildman–Crippen LogP) is 4.29. The number of nitrogens with one attached hydrogen (secondary N) is 1. The van der Waals surface area contributed by atoms with Gasteiger partial charge in [-0.05, 0) is 67.5 Å². The van der Waals surface area contributed by atoms with E-state index in [-0.39, 0.29) is 0 Å². The summed E-state index contributed by atoms with van der Waals surface area (Å²) in [5, 5.41) is 4.97. The van der Waals surface area contributed by atoms with Gasteiger partial charge in [0.05, 0.1) is 6.54 Å². The van der Waals surface area contributed by atoms with Crippen molar-refractivity contribution in [1.29, 1.82) is 0 Å². The molecule has 27 heavy (non-hydrogen) atoms. The summed E-state index contributed by atoms with van der Waals surface area (Å²) in [7, 11) is 0. The fourth-order valence-electron chi connectivity index (χ4n) is 4.92. The minimum Gasteiger partial charge on any atom is -0.491 e. The van der Waals surface area contributed by atoms with Crippen molar-refractivity contribution in [3.05, 3.63) is 64.8 Å². The molecule has 3 aromatic rings. The van der Waals surface area contributed by atoms with Gasteiger partial charge < -0.3 is 14.6 Å². The maximum Gasteiger partial charge on any atom is 0.122 e. The minimum absolute atomic E-state index is 0.731. The minimum atomic E-state index is 0.731. The van der Waals surface area contributed by atoms with Crippen LogP contribution in [0.25, 0.3) is 10.9 Å². The van der Waals surface area contributed by atoms with Crippen molar-refractivity contribution in [2.75, 3.05) is 19.7 Å². The molecule has 3 heteroatoms. The third-order valence-corrected chi connectivity index (χ3v) is 6.21. The van der Waals surface area contributed by atoms with Crippen molar-refractivity contribution in [2.24, 2.45) is 0 Å². The molecule has 140 valence electrons. The first-order valence-corrected chi connectivity index (χ1v) is 10.4. The van der Waals surface area contributed by atoms with Gasteiger partial charge in [-0.25, -0.2) is 0 Å². The number of hydrogen-bond donors (Lipinski definition) is 1. The highest BCUT2D eigenvalue weighted by molar-refractivity contribution is 5.85. The molecule has 5 rings (SSSR count). The van der Waals surface area contributed by atoms with Crippen molar-refractivity contribution in [2.45, 2.75) is 45.1 Å². The largest absolute Gasteiger partial charge is 0.491 e. The Morgan fingerprint density at radius 2 is 1.74 bits per heavy atom. The van der Waals surface area contributed by atoms with E-state index in [9.17, 15) is 0 Å². The standard InChI is InChI=1S/C24H28N2O/c1-2-8-19-18(6-1)7-5-11-24(19)27-17-16-26-22-10-4-3-9-20(22)21-12-14-25-15-13-23(21)26/h3-5,7,9-11,25H,1-2,6,8,12-17H2. The Labute approximate surface area is 161 Å². The zero-order chi connectivity index (χ0) is 18.1. The zero-order valence-corrected chi connectivity index (χ0v) is 16.0. The van der Waals surface area contributed by atoms with E-state index in [1.807, 2.05) is 0 Å². The maximum atomic E-state index is 6.31. The lowest BCUT2D eigenvalue weighted by molar-refractivity contribution is 0.294. The lowest BCUT2D eigenvalue weighted by Gasteiger charge is -2.20. The van der Waals surface area contributed by atoms with Gasteiger partial charge in [-0.1, -0.05) is 30.3 Å². The molecule has 0 bridgehead atoms. The Morgan fingerprint density at radius 3 is 2.74 bits per heavy atom. The van der Waals surface area contributed by atoms with Gasteiger partial charge in [0.2, 0.25) is 0 Å². The van der Waals surface area contributed by atoms with E-state index in [0.717, 1.165) is 44.8 Å². The van der Waals surface area contributed by atoms with Crippen LogP contribution in [0.2, 0.25) is 0 Å². The SMILES string of the molecule is c1cc2c(c(OCCn3c4c(c5ccccc53)CCNCC4)c1)CCCC2. The van der Waals surface area contributed by atoms with E-state index < -0.39 is 0 Å². The number of rotatable bonds is 4.